The lowest BCUT2D eigenvalue weighted by molar-refractivity contribution is 0.102. The van der Waals surface area contributed by atoms with Crippen LogP contribution < -0.4 is 11.1 Å². The molecule has 0 radical (unpaired) electrons. The van der Waals surface area contributed by atoms with Crippen molar-refractivity contribution in [2.24, 2.45) is 5.73 Å². The molecule has 0 spiro atoms. The van der Waals surface area contributed by atoms with Crippen LogP contribution in [0.15, 0.2) is 75.8 Å². The number of para-hydroxylation sites is 2. The summed E-state index contributed by atoms with van der Waals surface area (Å²) < 4.78 is 12.5. The fraction of sp³-hybridized carbons (Fsp3) is 0.0417. The minimum Gasteiger partial charge on any atom is -0.460 e. The lowest BCUT2D eigenvalue weighted by Crippen LogP contribution is -2.10. The molecule has 34 heavy (non-hydrogen) atoms. The number of carbonyl (C=O) groups is 1. The topological polar surface area (TPSA) is 133 Å². The van der Waals surface area contributed by atoms with Gasteiger partial charge in [-0.05, 0) is 24.3 Å². The average molecular weight is 468 g/mol. The maximum absolute atomic E-state index is 12.8. The number of hydrogen-bond acceptors (Lipinski definition) is 9. The second-order valence-corrected chi connectivity index (χ2v) is 8.42. The summed E-state index contributed by atoms with van der Waals surface area (Å²) in [5.74, 6) is 1.41. The Hall–Kier alpha value is -4.41. The maximum Gasteiger partial charge on any atom is 0.260 e. The van der Waals surface area contributed by atoms with Crippen LogP contribution in [0.3, 0.4) is 0 Å². The van der Waals surface area contributed by atoms with E-state index in [1.54, 1.807) is 6.07 Å². The molecule has 0 bridgehead atoms. The van der Waals surface area contributed by atoms with Gasteiger partial charge in [0.1, 0.15) is 17.7 Å². The van der Waals surface area contributed by atoms with Gasteiger partial charge in [-0.15, -0.1) is 0 Å². The van der Waals surface area contributed by atoms with E-state index in [9.17, 15) is 4.79 Å². The standard InChI is InChI=1S/C24H16N6O3S/c25-11-20-27-21(29-22(28-20)18-9-13-5-1-3-7-16(13)33-18)17-10-14(12-32-17)23(31)30-24-26-15-6-2-4-8-19(15)34-24/h1-10,12H,11,25H2,(H,26,30,31). The number of furan rings is 2. The normalized spacial score (nSPS) is 11.3. The molecule has 0 unspecified atom stereocenters. The molecule has 0 atom stereocenters. The maximum atomic E-state index is 12.8. The van der Waals surface area contributed by atoms with E-state index in [0.29, 0.717) is 33.9 Å². The zero-order chi connectivity index (χ0) is 23.1. The van der Waals surface area contributed by atoms with Gasteiger partial charge in [0.05, 0.1) is 22.3 Å². The van der Waals surface area contributed by atoms with Crippen molar-refractivity contribution in [2.45, 2.75) is 6.54 Å². The van der Waals surface area contributed by atoms with Crippen LogP contribution in [0.5, 0.6) is 0 Å². The van der Waals surface area contributed by atoms with E-state index in [2.05, 4.69) is 25.3 Å². The minimum absolute atomic E-state index is 0.106. The number of carbonyl (C=O) groups excluding carboxylic acids is 1. The van der Waals surface area contributed by atoms with Crippen LogP contribution in [-0.2, 0) is 6.54 Å². The van der Waals surface area contributed by atoms with Crippen molar-refractivity contribution in [3.05, 3.63) is 78.3 Å². The quantitative estimate of drug-likeness (QED) is 0.366. The van der Waals surface area contributed by atoms with Crippen LogP contribution in [-0.4, -0.2) is 25.8 Å². The molecule has 0 aliphatic heterocycles. The monoisotopic (exact) mass is 468 g/mol. The summed E-state index contributed by atoms with van der Waals surface area (Å²) in [5, 5.41) is 4.24. The van der Waals surface area contributed by atoms with Crippen LogP contribution in [0.1, 0.15) is 16.2 Å². The molecule has 9 nitrogen and oxygen atoms in total. The van der Waals surface area contributed by atoms with Crippen molar-refractivity contribution in [3.8, 4) is 23.2 Å². The highest BCUT2D eigenvalue weighted by Crippen LogP contribution is 2.29. The number of nitrogens with zero attached hydrogens (tertiary/aromatic N) is 4. The van der Waals surface area contributed by atoms with Crippen molar-refractivity contribution in [2.75, 3.05) is 5.32 Å². The molecular formula is C24H16N6O3S. The highest BCUT2D eigenvalue weighted by Gasteiger charge is 2.18. The smallest absolute Gasteiger partial charge is 0.260 e. The minimum atomic E-state index is -0.348. The molecule has 6 aromatic rings. The van der Waals surface area contributed by atoms with Gasteiger partial charge in [0.15, 0.2) is 28.3 Å². The van der Waals surface area contributed by atoms with E-state index in [-0.39, 0.29) is 18.3 Å². The van der Waals surface area contributed by atoms with Crippen molar-refractivity contribution in [1.29, 1.82) is 0 Å². The van der Waals surface area contributed by atoms with Crippen LogP contribution in [0.4, 0.5) is 5.13 Å². The van der Waals surface area contributed by atoms with Gasteiger partial charge in [0.25, 0.3) is 5.91 Å². The van der Waals surface area contributed by atoms with Crippen LogP contribution in [0, 0.1) is 0 Å². The molecule has 2 aromatic carbocycles. The Labute approximate surface area is 196 Å². The molecule has 166 valence electrons. The molecule has 0 fully saturated rings. The first kappa shape index (κ1) is 20.2. The van der Waals surface area contributed by atoms with Gasteiger partial charge in [0, 0.05) is 11.5 Å². The molecule has 0 aliphatic carbocycles. The van der Waals surface area contributed by atoms with Crippen molar-refractivity contribution in [1.82, 2.24) is 19.9 Å². The van der Waals surface area contributed by atoms with Crippen molar-refractivity contribution >= 4 is 43.6 Å². The lowest BCUT2D eigenvalue weighted by atomic mass is 10.2. The first-order valence-electron chi connectivity index (χ1n) is 10.4. The summed E-state index contributed by atoms with van der Waals surface area (Å²) in [7, 11) is 0. The zero-order valence-corrected chi connectivity index (χ0v) is 18.4. The molecule has 3 N–H and O–H groups in total. The Morgan fingerprint density at radius 1 is 0.941 bits per heavy atom. The predicted octanol–water partition coefficient (Wildman–Crippen LogP) is 4.87. The Bertz CT molecular complexity index is 1600. The second-order valence-electron chi connectivity index (χ2n) is 7.39. The molecule has 10 heteroatoms. The number of nitrogens with two attached hydrogens (primary N) is 1. The van der Waals surface area contributed by atoms with Crippen molar-refractivity contribution in [3.63, 3.8) is 0 Å². The second kappa shape index (κ2) is 8.18. The fourth-order valence-corrected chi connectivity index (χ4v) is 4.35. The van der Waals surface area contributed by atoms with E-state index in [1.165, 1.54) is 17.6 Å². The van der Waals surface area contributed by atoms with E-state index >= 15 is 0 Å². The zero-order valence-electron chi connectivity index (χ0n) is 17.6. The van der Waals surface area contributed by atoms with E-state index < -0.39 is 0 Å². The first-order valence-corrected chi connectivity index (χ1v) is 11.2. The summed E-state index contributed by atoms with van der Waals surface area (Å²) >= 11 is 1.40. The molecule has 4 aromatic heterocycles. The Morgan fingerprint density at radius 2 is 1.74 bits per heavy atom. The van der Waals surface area contributed by atoms with Crippen LogP contribution in [0.2, 0.25) is 0 Å². The number of hydrogen-bond donors (Lipinski definition) is 2. The van der Waals surface area contributed by atoms with Gasteiger partial charge < -0.3 is 14.6 Å². The van der Waals surface area contributed by atoms with E-state index in [1.807, 2.05) is 54.6 Å². The van der Waals surface area contributed by atoms with Crippen molar-refractivity contribution < 1.29 is 13.6 Å². The Morgan fingerprint density at radius 3 is 2.56 bits per heavy atom. The van der Waals surface area contributed by atoms with Crippen LogP contribution >= 0.6 is 11.3 Å². The highest BCUT2D eigenvalue weighted by atomic mass is 32.1. The summed E-state index contributed by atoms with van der Waals surface area (Å²) in [4.78, 5) is 30.4. The van der Waals surface area contributed by atoms with Gasteiger partial charge in [-0.2, -0.15) is 0 Å². The summed E-state index contributed by atoms with van der Waals surface area (Å²) in [6, 6.07) is 18.7. The molecule has 0 saturated carbocycles. The third kappa shape index (κ3) is 3.70. The van der Waals surface area contributed by atoms with Gasteiger partial charge in [-0.3, -0.25) is 10.1 Å². The van der Waals surface area contributed by atoms with Crippen LogP contribution in [0.25, 0.3) is 44.4 Å². The molecule has 0 aliphatic rings. The third-order valence-electron chi connectivity index (χ3n) is 5.11. The molecule has 1 amide bonds. The fourth-order valence-electron chi connectivity index (χ4n) is 3.49. The van der Waals surface area contributed by atoms with E-state index in [0.717, 1.165) is 21.2 Å². The average Bonchev–Trinajstić information content (AvgIpc) is 3.61. The summed E-state index contributed by atoms with van der Waals surface area (Å²) in [6.45, 7) is 0.106. The number of fused-ring (bicyclic) bond motifs is 2. The van der Waals surface area contributed by atoms with Gasteiger partial charge in [0.2, 0.25) is 0 Å². The number of thiazole rings is 1. The van der Waals surface area contributed by atoms with Gasteiger partial charge in [-0.25, -0.2) is 19.9 Å². The molecule has 0 saturated heterocycles. The number of anilines is 1. The predicted molar refractivity (Wildman–Crippen MR) is 128 cm³/mol. The molecule has 4 heterocycles. The Kier molecular flexibility index (Phi) is 4.86. The SMILES string of the molecule is NCc1nc(-c2cc(C(=O)Nc3nc4ccccc4s3)co2)nc(-c2cc3ccccc3o2)n1. The summed E-state index contributed by atoms with van der Waals surface area (Å²) in [5.41, 5.74) is 7.67. The molecular weight excluding hydrogens is 452 g/mol. The number of nitrogens with one attached hydrogen (secondary N) is 1. The number of amides is 1. The summed E-state index contributed by atoms with van der Waals surface area (Å²) in [6.07, 6.45) is 1.35. The number of benzene rings is 2. The largest absolute Gasteiger partial charge is 0.460 e. The van der Waals surface area contributed by atoms with E-state index in [4.69, 9.17) is 14.6 Å². The highest BCUT2D eigenvalue weighted by molar-refractivity contribution is 7.22. The Balaban J connectivity index is 1.30. The van der Waals surface area contributed by atoms with Gasteiger partial charge >= 0.3 is 0 Å². The first-order chi connectivity index (χ1) is 16.7. The lowest BCUT2D eigenvalue weighted by Gasteiger charge is -2.02. The number of rotatable bonds is 5. The third-order valence-corrected chi connectivity index (χ3v) is 6.06. The molecule has 6 rings (SSSR count). The van der Waals surface area contributed by atoms with Gasteiger partial charge in [-0.1, -0.05) is 41.7 Å². The number of aromatic nitrogens is 4.